The zero-order chi connectivity index (χ0) is 20.5. The number of hydrogen-bond donors (Lipinski definition) is 0. The van der Waals surface area contributed by atoms with Crippen molar-refractivity contribution >= 4 is 17.2 Å². The predicted octanol–water partition coefficient (Wildman–Crippen LogP) is 4.85. The third-order valence-electron chi connectivity index (χ3n) is 5.13. The lowest BCUT2D eigenvalue weighted by Crippen LogP contribution is -2.33. The second-order valence-corrected chi connectivity index (χ2v) is 7.91. The van der Waals surface area contributed by atoms with Gasteiger partial charge in [-0.05, 0) is 36.4 Å². The van der Waals surface area contributed by atoms with Crippen molar-refractivity contribution in [2.24, 2.45) is 0 Å². The Morgan fingerprint density at radius 1 is 1.13 bits per heavy atom. The van der Waals surface area contributed by atoms with Crippen LogP contribution in [0.15, 0.2) is 50.7 Å². The number of hydrogen-bond acceptors (Lipinski definition) is 8. The Morgan fingerprint density at radius 3 is 2.70 bits per heavy atom. The monoisotopic (exact) mass is 421 g/mol. The lowest BCUT2D eigenvalue weighted by molar-refractivity contribution is 0.327. The van der Waals surface area contributed by atoms with E-state index < -0.39 is 5.82 Å². The minimum atomic E-state index is -0.438. The lowest BCUT2D eigenvalue weighted by Gasteiger charge is -2.29. The fourth-order valence-corrected chi connectivity index (χ4v) is 4.23. The van der Waals surface area contributed by atoms with Crippen LogP contribution in [0.5, 0.6) is 0 Å². The molecule has 0 saturated carbocycles. The molecule has 0 N–H and O–H groups in total. The van der Waals surface area contributed by atoms with Crippen LogP contribution in [-0.2, 0) is 0 Å². The molecule has 1 aliphatic rings. The molecular weight excluding hydrogens is 405 g/mol. The summed E-state index contributed by atoms with van der Waals surface area (Å²) in [6.45, 7) is 1.28. The van der Waals surface area contributed by atoms with Gasteiger partial charge in [-0.1, -0.05) is 23.4 Å². The van der Waals surface area contributed by atoms with Crippen molar-refractivity contribution < 1.29 is 13.3 Å². The smallest absolute Gasteiger partial charge is 0.235 e. The van der Waals surface area contributed by atoms with E-state index in [1.807, 2.05) is 22.4 Å². The number of anilines is 1. The van der Waals surface area contributed by atoms with Crippen molar-refractivity contribution in [3.8, 4) is 28.2 Å². The first-order chi connectivity index (χ1) is 14.7. The molecule has 150 valence electrons. The van der Waals surface area contributed by atoms with Crippen LogP contribution in [0.1, 0.15) is 30.3 Å². The number of piperidine rings is 1. The molecule has 1 fully saturated rings. The third kappa shape index (κ3) is 3.35. The van der Waals surface area contributed by atoms with Gasteiger partial charge in [0.2, 0.25) is 29.2 Å². The largest absolute Gasteiger partial charge is 0.419 e. The summed E-state index contributed by atoms with van der Waals surface area (Å²) in [6.07, 6.45) is 1.54. The normalized spacial score (nSPS) is 14.7. The molecule has 9 heteroatoms. The number of thiophene rings is 1. The molecule has 0 atom stereocenters. The summed E-state index contributed by atoms with van der Waals surface area (Å²) in [5.41, 5.74) is 0.395. The number of nitrogens with zero attached hydrogens (tertiary/aromatic N) is 5. The average Bonchev–Trinajstić information content (AvgIpc) is 3.54. The molecule has 4 aromatic rings. The molecule has 1 aromatic carbocycles. The summed E-state index contributed by atoms with van der Waals surface area (Å²) in [6, 6.07) is 12.2. The van der Waals surface area contributed by atoms with Crippen LogP contribution in [0.4, 0.5) is 10.3 Å². The Hall–Kier alpha value is -3.51. The highest BCUT2D eigenvalue weighted by atomic mass is 32.1. The van der Waals surface area contributed by atoms with Gasteiger partial charge in [0, 0.05) is 19.0 Å². The second-order valence-electron chi connectivity index (χ2n) is 6.96. The molecular formula is C21H16FN5O2S. The van der Waals surface area contributed by atoms with E-state index in [-0.39, 0.29) is 23.1 Å². The summed E-state index contributed by atoms with van der Waals surface area (Å²) in [5, 5.41) is 15.5. The van der Waals surface area contributed by atoms with Crippen molar-refractivity contribution in [1.82, 2.24) is 15.1 Å². The number of aromatic nitrogens is 3. The minimum absolute atomic E-state index is 0.110. The van der Waals surface area contributed by atoms with Crippen LogP contribution in [0, 0.1) is 17.1 Å². The highest BCUT2D eigenvalue weighted by molar-refractivity contribution is 7.13. The van der Waals surface area contributed by atoms with Gasteiger partial charge in [-0.25, -0.2) is 4.39 Å². The number of rotatable bonds is 4. The van der Waals surface area contributed by atoms with E-state index in [0.29, 0.717) is 30.7 Å². The zero-order valence-electron chi connectivity index (χ0n) is 15.8. The molecule has 7 nitrogen and oxygen atoms in total. The van der Waals surface area contributed by atoms with Crippen molar-refractivity contribution in [1.29, 1.82) is 5.26 Å². The summed E-state index contributed by atoms with van der Waals surface area (Å²) >= 11 is 1.57. The van der Waals surface area contributed by atoms with E-state index in [2.05, 4.69) is 21.2 Å². The van der Waals surface area contributed by atoms with E-state index >= 15 is 0 Å². The Kier molecular flexibility index (Phi) is 4.77. The summed E-state index contributed by atoms with van der Waals surface area (Å²) in [4.78, 5) is 11.7. The molecule has 1 aliphatic heterocycles. The van der Waals surface area contributed by atoms with Crippen molar-refractivity contribution in [3.05, 3.63) is 59.2 Å². The molecule has 0 spiro atoms. The van der Waals surface area contributed by atoms with Gasteiger partial charge in [0.15, 0.2) is 0 Å². The maximum atomic E-state index is 14.1. The fourth-order valence-electron chi connectivity index (χ4n) is 3.59. The first-order valence-corrected chi connectivity index (χ1v) is 10.4. The lowest BCUT2D eigenvalue weighted by atomic mass is 9.97. The van der Waals surface area contributed by atoms with Gasteiger partial charge in [0.1, 0.15) is 11.9 Å². The summed E-state index contributed by atoms with van der Waals surface area (Å²) in [7, 11) is 0. The predicted molar refractivity (Wildman–Crippen MR) is 108 cm³/mol. The maximum absolute atomic E-state index is 14.1. The number of oxazole rings is 1. The van der Waals surface area contributed by atoms with E-state index in [9.17, 15) is 9.65 Å². The molecule has 1 saturated heterocycles. The van der Waals surface area contributed by atoms with Gasteiger partial charge < -0.3 is 13.8 Å². The van der Waals surface area contributed by atoms with Gasteiger partial charge >= 0.3 is 0 Å². The van der Waals surface area contributed by atoms with E-state index in [1.54, 1.807) is 29.5 Å². The molecule has 3 aromatic heterocycles. The highest BCUT2D eigenvalue weighted by Gasteiger charge is 2.29. The van der Waals surface area contributed by atoms with Gasteiger partial charge in [-0.3, -0.25) is 0 Å². The molecule has 0 radical (unpaired) electrons. The number of benzene rings is 1. The van der Waals surface area contributed by atoms with Gasteiger partial charge in [0.25, 0.3) is 0 Å². The van der Waals surface area contributed by atoms with Crippen molar-refractivity contribution in [2.75, 3.05) is 18.0 Å². The third-order valence-corrected chi connectivity index (χ3v) is 6.00. The van der Waals surface area contributed by atoms with Crippen LogP contribution in [0.2, 0.25) is 0 Å². The SMILES string of the molecule is N#Cc1nc(-c2ccccc2F)oc1N1CCC(c2nc(-c3cccs3)no2)CC1. The van der Waals surface area contributed by atoms with E-state index in [0.717, 1.165) is 17.7 Å². The molecule has 0 unspecified atom stereocenters. The molecule has 0 bridgehead atoms. The van der Waals surface area contributed by atoms with Crippen LogP contribution in [0.3, 0.4) is 0 Å². The van der Waals surface area contributed by atoms with E-state index in [4.69, 9.17) is 8.94 Å². The Balaban J connectivity index is 1.32. The van der Waals surface area contributed by atoms with Crippen LogP contribution in [0.25, 0.3) is 22.2 Å². The molecule has 0 amide bonds. The Bertz CT molecular complexity index is 1200. The van der Waals surface area contributed by atoms with Crippen molar-refractivity contribution in [3.63, 3.8) is 0 Å². The maximum Gasteiger partial charge on any atom is 0.235 e. The molecule has 4 heterocycles. The standard InChI is InChI=1S/C21H16FN5O2S/c22-15-5-2-1-4-14(15)20-24-16(12-23)21(28-20)27-9-7-13(8-10-27)19-25-18(26-29-19)17-6-3-11-30-17/h1-6,11,13H,7-10H2. The van der Waals surface area contributed by atoms with Crippen molar-refractivity contribution in [2.45, 2.75) is 18.8 Å². The summed E-state index contributed by atoms with van der Waals surface area (Å²) in [5.74, 6) is 1.42. The van der Waals surface area contributed by atoms with Gasteiger partial charge in [-0.15, -0.1) is 11.3 Å². The highest BCUT2D eigenvalue weighted by Crippen LogP contribution is 2.35. The topological polar surface area (TPSA) is 92.0 Å². The van der Waals surface area contributed by atoms with Gasteiger partial charge in [-0.2, -0.15) is 15.2 Å². The van der Waals surface area contributed by atoms with Crippen LogP contribution in [-0.4, -0.2) is 28.2 Å². The average molecular weight is 421 g/mol. The first kappa shape index (κ1) is 18.5. The quantitative estimate of drug-likeness (QED) is 0.465. The fraction of sp³-hybridized carbons (Fsp3) is 0.238. The second kappa shape index (κ2) is 7.72. The number of nitriles is 1. The first-order valence-electron chi connectivity index (χ1n) is 9.51. The zero-order valence-corrected chi connectivity index (χ0v) is 16.6. The Morgan fingerprint density at radius 2 is 1.97 bits per heavy atom. The van der Waals surface area contributed by atoms with Crippen LogP contribution < -0.4 is 4.90 Å². The summed E-state index contributed by atoms with van der Waals surface area (Å²) < 4.78 is 25.4. The number of halogens is 1. The molecule has 5 rings (SSSR count). The van der Waals surface area contributed by atoms with Crippen LogP contribution >= 0.6 is 11.3 Å². The molecule has 30 heavy (non-hydrogen) atoms. The van der Waals surface area contributed by atoms with Gasteiger partial charge in [0.05, 0.1) is 10.4 Å². The minimum Gasteiger partial charge on any atom is -0.419 e. The van der Waals surface area contributed by atoms with E-state index in [1.165, 1.54) is 6.07 Å². The Labute approximate surface area is 175 Å². The molecule has 0 aliphatic carbocycles.